The number of rotatable bonds is 6. The van der Waals surface area contributed by atoms with Crippen LogP contribution in [0.2, 0.25) is 0 Å². The Labute approximate surface area is 105 Å². The molecule has 100 valence electrons. The molecule has 0 bridgehead atoms. The van der Waals surface area contributed by atoms with Crippen molar-refractivity contribution in [1.82, 2.24) is 5.32 Å². The number of aliphatic hydroxyl groups excluding tert-OH is 1. The first-order valence-corrected chi connectivity index (χ1v) is 7.26. The van der Waals surface area contributed by atoms with Gasteiger partial charge in [-0.05, 0) is 45.4 Å². The van der Waals surface area contributed by atoms with E-state index in [0.29, 0.717) is 18.8 Å². The number of hydrogen-bond acceptors (Lipinski definition) is 3. The maximum Gasteiger partial charge on any atom is 0.0708 e. The molecule has 0 aromatic rings. The predicted octanol–water partition coefficient (Wildman–Crippen LogP) is 2.23. The lowest BCUT2D eigenvalue weighted by Gasteiger charge is -2.24. The highest BCUT2D eigenvalue weighted by Gasteiger charge is 2.41. The summed E-state index contributed by atoms with van der Waals surface area (Å²) in [5.74, 6) is 0. The summed E-state index contributed by atoms with van der Waals surface area (Å²) >= 11 is 0. The summed E-state index contributed by atoms with van der Waals surface area (Å²) in [4.78, 5) is 0. The number of nitrogens with one attached hydrogen (secondary N) is 1. The number of ether oxygens (including phenoxy) is 1. The highest BCUT2D eigenvalue weighted by molar-refractivity contribution is 4.93. The van der Waals surface area contributed by atoms with Gasteiger partial charge in [0.1, 0.15) is 0 Å². The van der Waals surface area contributed by atoms with Crippen LogP contribution in [-0.2, 0) is 4.74 Å². The maximum atomic E-state index is 8.78. The Kier molecular flexibility index (Phi) is 4.83. The summed E-state index contributed by atoms with van der Waals surface area (Å²) in [5, 5.41) is 12.3. The van der Waals surface area contributed by atoms with Gasteiger partial charge in [0.15, 0.2) is 0 Å². The van der Waals surface area contributed by atoms with Crippen molar-refractivity contribution in [2.75, 3.05) is 13.2 Å². The maximum absolute atomic E-state index is 8.78. The molecule has 2 N–H and O–H groups in total. The summed E-state index contributed by atoms with van der Waals surface area (Å²) in [6.45, 7) is 3.47. The van der Waals surface area contributed by atoms with E-state index in [1.165, 1.54) is 38.5 Å². The molecule has 3 heteroatoms. The average Bonchev–Trinajstić information content (AvgIpc) is 2.95. The Morgan fingerprint density at radius 3 is 2.82 bits per heavy atom. The zero-order valence-electron chi connectivity index (χ0n) is 11.1. The van der Waals surface area contributed by atoms with Gasteiger partial charge in [0.05, 0.1) is 11.7 Å². The van der Waals surface area contributed by atoms with Crippen LogP contribution in [-0.4, -0.2) is 36.0 Å². The molecule has 3 nitrogen and oxygen atoms in total. The number of hydrogen-bond donors (Lipinski definition) is 2. The third kappa shape index (κ3) is 3.67. The second-order valence-corrected chi connectivity index (χ2v) is 5.84. The van der Waals surface area contributed by atoms with Crippen molar-refractivity contribution >= 4 is 0 Å². The fourth-order valence-electron chi connectivity index (χ4n) is 3.26. The van der Waals surface area contributed by atoms with E-state index < -0.39 is 0 Å². The highest BCUT2D eigenvalue weighted by atomic mass is 16.5. The smallest absolute Gasteiger partial charge is 0.0708 e. The van der Waals surface area contributed by atoms with Crippen LogP contribution in [0.15, 0.2) is 0 Å². The molecule has 2 unspecified atom stereocenters. The Morgan fingerprint density at radius 1 is 1.35 bits per heavy atom. The van der Waals surface area contributed by atoms with Crippen molar-refractivity contribution < 1.29 is 9.84 Å². The molecule has 17 heavy (non-hydrogen) atoms. The van der Waals surface area contributed by atoms with Gasteiger partial charge in [0, 0.05) is 19.2 Å². The molecule has 0 aromatic heterocycles. The van der Waals surface area contributed by atoms with Crippen LogP contribution in [0.5, 0.6) is 0 Å². The lowest BCUT2D eigenvalue weighted by atomic mass is 9.98. The van der Waals surface area contributed by atoms with Crippen LogP contribution in [0.25, 0.3) is 0 Å². The third-order valence-electron chi connectivity index (χ3n) is 4.34. The Hall–Kier alpha value is -0.120. The van der Waals surface area contributed by atoms with E-state index >= 15 is 0 Å². The number of aliphatic hydroxyl groups is 1. The van der Waals surface area contributed by atoms with Gasteiger partial charge in [0.25, 0.3) is 0 Å². The van der Waals surface area contributed by atoms with Crippen LogP contribution in [0, 0.1) is 0 Å². The summed E-state index contributed by atoms with van der Waals surface area (Å²) < 4.78 is 6.25. The van der Waals surface area contributed by atoms with E-state index in [1.54, 1.807) is 0 Å². The van der Waals surface area contributed by atoms with E-state index in [0.717, 1.165) is 19.4 Å². The van der Waals surface area contributed by atoms with Crippen molar-refractivity contribution in [2.45, 2.75) is 76.0 Å². The SMILES string of the molecule is CC(CCCO)NCC1CCC2(CCCC2)O1. The molecule has 1 aliphatic carbocycles. The summed E-state index contributed by atoms with van der Waals surface area (Å²) in [5.41, 5.74) is 0.265. The van der Waals surface area contributed by atoms with Crippen LogP contribution in [0.1, 0.15) is 58.3 Å². The van der Waals surface area contributed by atoms with Gasteiger partial charge in [-0.1, -0.05) is 12.8 Å². The first kappa shape index (κ1) is 13.3. The standard InChI is InChI=1S/C14H27NO2/c1-12(5-4-10-16)15-11-13-6-9-14(17-13)7-2-3-8-14/h12-13,15-16H,2-11H2,1H3. The lowest BCUT2D eigenvalue weighted by Crippen LogP contribution is -2.35. The monoisotopic (exact) mass is 241 g/mol. The van der Waals surface area contributed by atoms with Crippen molar-refractivity contribution in [1.29, 1.82) is 0 Å². The second-order valence-electron chi connectivity index (χ2n) is 5.84. The van der Waals surface area contributed by atoms with Gasteiger partial charge in [-0.3, -0.25) is 0 Å². The van der Waals surface area contributed by atoms with E-state index in [2.05, 4.69) is 12.2 Å². The van der Waals surface area contributed by atoms with Gasteiger partial charge < -0.3 is 15.2 Å². The lowest BCUT2D eigenvalue weighted by molar-refractivity contribution is -0.0358. The van der Waals surface area contributed by atoms with Crippen LogP contribution in [0.4, 0.5) is 0 Å². The van der Waals surface area contributed by atoms with Crippen molar-refractivity contribution in [3.63, 3.8) is 0 Å². The molecule has 1 saturated carbocycles. The average molecular weight is 241 g/mol. The second kappa shape index (κ2) is 6.17. The first-order valence-electron chi connectivity index (χ1n) is 7.26. The minimum Gasteiger partial charge on any atom is -0.396 e. The molecule has 0 aromatic carbocycles. The molecule has 0 radical (unpaired) electrons. The molecule has 1 heterocycles. The fourth-order valence-corrected chi connectivity index (χ4v) is 3.26. The van der Waals surface area contributed by atoms with Gasteiger partial charge in [-0.25, -0.2) is 0 Å². The van der Waals surface area contributed by atoms with E-state index in [1.807, 2.05) is 0 Å². The van der Waals surface area contributed by atoms with Crippen LogP contribution < -0.4 is 5.32 Å². The quantitative estimate of drug-likeness (QED) is 0.749. The Balaban J connectivity index is 1.64. The normalized spacial score (nSPS) is 28.9. The van der Waals surface area contributed by atoms with Crippen LogP contribution in [0.3, 0.4) is 0 Å². The summed E-state index contributed by atoms with van der Waals surface area (Å²) in [6, 6.07) is 0.492. The van der Waals surface area contributed by atoms with Crippen LogP contribution >= 0.6 is 0 Å². The van der Waals surface area contributed by atoms with Crippen molar-refractivity contribution in [2.24, 2.45) is 0 Å². The Bertz CT molecular complexity index is 226. The molecule has 1 aliphatic heterocycles. The molecule has 0 amide bonds. The zero-order chi connectivity index (χ0) is 12.1. The Morgan fingerprint density at radius 2 is 2.12 bits per heavy atom. The molecular formula is C14H27NO2. The first-order chi connectivity index (χ1) is 8.24. The van der Waals surface area contributed by atoms with Gasteiger partial charge in [0.2, 0.25) is 0 Å². The van der Waals surface area contributed by atoms with E-state index in [4.69, 9.17) is 9.84 Å². The summed E-state index contributed by atoms with van der Waals surface area (Å²) in [7, 11) is 0. The molecule has 2 atom stereocenters. The molecule has 1 saturated heterocycles. The van der Waals surface area contributed by atoms with Gasteiger partial charge in [-0.2, -0.15) is 0 Å². The third-order valence-corrected chi connectivity index (χ3v) is 4.34. The molecule has 2 rings (SSSR count). The van der Waals surface area contributed by atoms with E-state index in [-0.39, 0.29) is 5.60 Å². The predicted molar refractivity (Wildman–Crippen MR) is 69.1 cm³/mol. The van der Waals surface area contributed by atoms with E-state index in [9.17, 15) is 0 Å². The molecular weight excluding hydrogens is 214 g/mol. The molecule has 2 fully saturated rings. The van der Waals surface area contributed by atoms with Crippen molar-refractivity contribution in [3.05, 3.63) is 0 Å². The topological polar surface area (TPSA) is 41.5 Å². The van der Waals surface area contributed by atoms with Crippen molar-refractivity contribution in [3.8, 4) is 0 Å². The minimum atomic E-state index is 0.265. The van der Waals surface area contributed by atoms with Gasteiger partial charge in [-0.15, -0.1) is 0 Å². The fraction of sp³-hybridized carbons (Fsp3) is 1.00. The highest BCUT2D eigenvalue weighted by Crippen LogP contribution is 2.43. The minimum absolute atomic E-state index is 0.265. The van der Waals surface area contributed by atoms with Gasteiger partial charge >= 0.3 is 0 Å². The zero-order valence-corrected chi connectivity index (χ0v) is 11.1. The molecule has 2 aliphatic rings. The largest absolute Gasteiger partial charge is 0.396 e. The molecule has 1 spiro atoms. The summed E-state index contributed by atoms with van der Waals surface area (Å²) in [6.07, 6.45) is 10.1.